The molecule has 0 spiro atoms. The van der Waals surface area contributed by atoms with Crippen LogP contribution in [0.4, 0.5) is 5.69 Å². The molecule has 0 aliphatic carbocycles. The van der Waals surface area contributed by atoms with E-state index in [-0.39, 0.29) is 5.91 Å². The van der Waals surface area contributed by atoms with Gasteiger partial charge in [-0.15, -0.1) is 0 Å². The van der Waals surface area contributed by atoms with Crippen molar-refractivity contribution in [3.63, 3.8) is 0 Å². The number of benzene rings is 2. The predicted molar refractivity (Wildman–Crippen MR) is 104 cm³/mol. The molecule has 1 aliphatic rings. The monoisotopic (exact) mass is 346 g/mol. The largest absolute Gasteiger partial charge is 0.493 e. The number of anilines is 1. The minimum absolute atomic E-state index is 0.153. The highest BCUT2D eigenvalue weighted by Crippen LogP contribution is 2.27. The van der Waals surface area contributed by atoms with Crippen molar-refractivity contribution in [2.75, 3.05) is 18.1 Å². The Labute approximate surface area is 153 Å². The smallest absolute Gasteiger partial charge is 0.227 e. The van der Waals surface area contributed by atoms with E-state index in [1.165, 1.54) is 5.39 Å². The first-order chi connectivity index (χ1) is 12.8. The lowest BCUT2D eigenvalue weighted by atomic mass is 10.1. The SMILES string of the molecule is O=C(CCCOc1cccc2ccccc12)N1CCCc2ncccc21. The van der Waals surface area contributed by atoms with Crippen molar-refractivity contribution in [3.05, 3.63) is 66.5 Å². The first kappa shape index (κ1) is 16.6. The van der Waals surface area contributed by atoms with Crippen LogP contribution in [0.5, 0.6) is 5.75 Å². The summed E-state index contributed by atoms with van der Waals surface area (Å²) in [5, 5.41) is 2.27. The molecular weight excluding hydrogens is 324 g/mol. The molecule has 0 bridgehead atoms. The molecule has 0 atom stereocenters. The number of pyridine rings is 1. The van der Waals surface area contributed by atoms with Gasteiger partial charge in [-0.25, -0.2) is 0 Å². The maximum atomic E-state index is 12.6. The maximum absolute atomic E-state index is 12.6. The second kappa shape index (κ2) is 7.56. The Morgan fingerprint density at radius 3 is 2.92 bits per heavy atom. The lowest BCUT2D eigenvalue weighted by Crippen LogP contribution is -2.35. The number of aromatic nitrogens is 1. The van der Waals surface area contributed by atoms with Crippen molar-refractivity contribution < 1.29 is 9.53 Å². The van der Waals surface area contributed by atoms with Crippen LogP contribution in [0.15, 0.2) is 60.8 Å². The average Bonchev–Trinajstić information content (AvgIpc) is 2.70. The summed E-state index contributed by atoms with van der Waals surface area (Å²) in [7, 11) is 0. The van der Waals surface area contributed by atoms with Crippen molar-refractivity contribution in [2.24, 2.45) is 0 Å². The molecule has 4 nitrogen and oxygen atoms in total. The van der Waals surface area contributed by atoms with Crippen LogP contribution in [0.2, 0.25) is 0 Å². The molecule has 4 heteroatoms. The number of carbonyl (C=O) groups excluding carboxylic acids is 1. The Hall–Kier alpha value is -2.88. The number of amides is 1. The van der Waals surface area contributed by atoms with Gasteiger partial charge in [-0.2, -0.15) is 0 Å². The molecule has 4 rings (SSSR count). The average molecular weight is 346 g/mol. The number of ether oxygens (including phenoxy) is 1. The number of rotatable bonds is 5. The van der Waals surface area contributed by atoms with Gasteiger partial charge in [-0.05, 0) is 42.8 Å². The second-order valence-electron chi connectivity index (χ2n) is 6.55. The summed E-state index contributed by atoms with van der Waals surface area (Å²) < 4.78 is 5.94. The summed E-state index contributed by atoms with van der Waals surface area (Å²) in [6.07, 6.45) is 4.91. The lowest BCUT2D eigenvalue weighted by molar-refractivity contribution is -0.118. The first-order valence-corrected chi connectivity index (χ1v) is 9.18. The third kappa shape index (κ3) is 3.40. The highest BCUT2D eigenvalue weighted by atomic mass is 16.5. The van der Waals surface area contributed by atoms with Crippen molar-refractivity contribution in [1.82, 2.24) is 4.98 Å². The standard InChI is InChI=1S/C22H22N2O2/c25-22(24-15-5-10-19-20(24)11-4-14-23-19)13-6-16-26-21-12-3-8-17-7-1-2-9-18(17)21/h1-4,7-9,11-12,14H,5-6,10,13,15-16H2. The summed E-state index contributed by atoms with van der Waals surface area (Å²) in [6.45, 7) is 1.31. The Morgan fingerprint density at radius 1 is 1.08 bits per heavy atom. The second-order valence-corrected chi connectivity index (χ2v) is 6.55. The normalized spacial score (nSPS) is 13.5. The number of fused-ring (bicyclic) bond motifs is 2. The van der Waals surface area contributed by atoms with Crippen molar-refractivity contribution >= 4 is 22.4 Å². The van der Waals surface area contributed by atoms with Crippen LogP contribution in [-0.4, -0.2) is 24.0 Å². The maximum Gasteiger partial charge on any atom is 0.227 e. The van der Waals surface area contributed by atoms with Crippen molar-refractivity contribution in [3.8, 4) is 5.75 Å². The predicted octanol–water partition coefficient (Wildman–Crippen LogP) is 4.37. The minimum Gasteiger partial charge on any atom is -0.493 e. The third-order valence-corrected chi connectivity index (χ3v) is 4.80. The molecule has 132 valence electrons. The molecule has 0 fully saturated rings. The molecule has 0 N–H and O–H groups in total. The fraction of sp³-hybridized carbons (Fsp3) is 0.273. The summed E-state index contributed by atoms with van der Waals surface area (Å²) in [5.41, 5.74) is 2.00. The van der Waals surface area contributed by atoms with E-state index in [1.54, 1.807) is 6.20 Å². The minimum atomic E-state index is 0.153. The number of aryl methyl sites for hydroxylation is 1. The van der Waals surface area contributed by atoms with E-state index in [9.17, 15) is 4.79 Å². The first-order valence-electron chi connectivity index (χ1n) is 9.18. The van der Waals surface area contributed by atoms with Gasteiger partial charge in [0, 0.05) is 24.5 Å². The van der Waals surface area contributed by atoms with Crippen molar-refractivity contribution in [1.29, 1.82) is 0 Å². The fourth-order valence-corrected chi connectivity index (χ4v) is 3.51. The van der Waals surface area contributed by atoms with Crippen LogP contribution in [0.3, 0.4) is 0 Å². The topological polar surface area (TPSA) is 42.4 Å². The molecule has 0 saturated carbocycles. The summed E-state index contributed by atoms with van der Waals surface area (Å²) >= 11 is 0. The molecule has 3 aromatic rings. The van der Waals surface area contributed by atoms with Crippen LogP contribution in [-0.2, 0) is 11.2 Å². The van der Waals surface area contributed by atoms with Gasteiger partial charge < -0.3 is 9.64 Å². The fourth-order valence-electron chi connectivity index (χ4n) is 3.51. The molecule has 26 heavy (non-hydrogen) atoms. The zero-order chi connectivity index (χ0) is 17.8. The van der Waals surface area contributed by atoms with Gasteiger partial charge >= 0.3 is 0 Å². The number of nitrogens with zero attached hydrogens (tertiary/aromatic N) is 2. The van der Waals surface area contributed by atoms with Gasteiger partial charge in [0.1, 0.15) is 5.75 Å². The molecule has 0 radical (unpaired) electrons. The number of hydrogen-bond acceptors (Lipinski definition) is 3. The van der Waals surface area contributed by atoms with Crippen molar-refractivity contribution in [2.45, 2.75) is 25.7 Å². The van der Waals surface area contributed by atoms with Gasteiger partial charge in [0.05, 0.1) is 18.0 Å². The van der Waals surface area contributed by atoms with Crippen LogP contribution in [0.1, 0.15) is 25.0 Å². The summed E-state index contributed by atoms with van der Waals surface area (Å²) in [6, 6.07) is 18.1. The van der Waals surface area contributed by atoms with Gasteiger partial charge in [-0.1, -0.05) is 36.4 Å². The summed E-state index contributed by atoms with van der Waals surface area (Å²) in [5.74, 6) is 1.03. The highest BCUT2D eigenvalue weighted by molar-refractivity contribution is 5.94. The van der Waals surface area contributed by atoms with Crippen LogP contribution < -0.4 is 9.64 Å². The van der Waals surface area contributed by atoms with E-state index in [4.69, 9.17) is 4.74 Å². The zero-order valence-corrected chi connectivity index (χ0v) is 14.7. The van der Waals surface area contributed by atoms with Crippen LogP contribution >= 0.6 is 0 Å². The molecule has 2 heterocycles. The summed E-state index contributed by atoms with van der Waals surface area (Å²) in [4.78, 5) is 18.9. The van der Waals surface area contributed by atoms with E-state index in [0.29, 0.717) is 19.4 Å². The van der Waals surface area contributed by atoms with E-state index in [2.05, 4.69) is 23.2 Å². The Bertz CT molecular complexity index is 917. The van der Waals surface area contributed by atoms with E-state index in [1.807, 2.05) is 41.3 Å². The van der Waals surface area contributed by atoms with E-state index >= 15 is 0 Å². The molecule has 0 saturated heterocycles. The zero-order valence-electron chi connectivity index (χ0n) is 14.7. The van der Waals surface area contributed by atoms with Crippen LogP contribution in [0, 0.1) is 0 Å². The number of carbonyl (C=O) groups is 1. The van der Waals surface area contributed by atoms with Gasteiger partial charge in [0.15, 0.2) is 0 Å². The molecule has 0 unspecified atom stereocenters. The third-order valence-electron chi connectivity index (χ3n) is 4.80. The molecule has 2 aromatic carbocycles. The van der Waals surface area contributed by atoms with Crippen LogP contribution in [0.25, 0.3) is 10.8 Å². The van der Waals surface area contributed by atoms with E-state index < -0.39 is 0 Å². The van der Waals surface area contributed by atoms with Gasteiger partial charge in [-0.3, -0.25) is 9.78 Å². The molecular formula is C22H22N2O2. The van der Waals surface area contributed by atoms with E-state index in [0.717, 1.165) is 41.9 Å². The Balaban J connectivity index is 1.35. The Morgan fingerprint density at radius 2 is 1.96 bits per heavy atom. The highest BCUT2D eigenvalue weighted by Gasteiger charge is 2.22. The molecule has 1 amide bonds. The quantitative estimate of drug-likeness (QED) is 0.644. The van der Waals surface area contributed by atoms with Gasteiger partial charge in [0.25, 0.3) is 0 Å². The molecule has 1 aromatic heterocycles. The number of hydrogen-bond donors (Lipinski definition) is 0. The van der Waals surface area contributed by atoms with Gasteiger partial charge in [0.2, 0.25) is 5.91 Å². The lowest BCUT2D eigenvalue weighted by Gasteiger charge is -2.28. The molecule has 1 aliphatic heterocycles. The Kier molecular flexibility index (Phi) is 4.82.